The second-order valence-electron chi connectivity index (χ2n) is 4.40. The van der Waals surface area contributed by atoms with Crippen LogP contribution in [0.15, 0.2) is 11.6 Å². The van der Waals surface area contributed by atoms with Crippen molar-refractivity contribution < 1.29 is 9.53 Å². The van der Waals surface area contributed by atoms with Crippen molar-refractivity contribution >= 4 is 33.8 Å². The third-order valence-electron chi connectivity index (χ3n) is 2.71. The fourth-order valence-electron chi connectivity index (χ4n) is 1.64. The van der Waals surface area contributed by atoms with Crippen molar-refractivity contribution in [2.45, 2.75) is 32.7 Å². The summed E-state index contributed by atoms with van der Waals surface area (Å²) < 4.78 is 4.62. The maximum absolute atomic E-state index is 11.1. The van der Waals surface area contributed by atoms with Crippen LogP contribution in [-0.4, -0.2) is 23.0 Å². The molecule has 2 rings (SSSR count). The Hall–Kier alpha value is -1.47. The van der Waals surface area contributed by atoms with Crippen LogP contribution >= 0.6 is 22.7 Å². The van der Waals surface area contributed by atoms with E-state index in [0.29, 0.717) is 12.8 Å². The molecule has 0 aliphatic rings. The van der Waals surface area contributed by atoms with E-state index in [1.807, 2.05) is 18.5 Å². The minimum Gasteiger partial charge on any atom is -0.469 e. The SMILES string of the molecule is COC(=O)CCc1csc(NC(C)c2ncc(C)s2)n1. The molecule has 2 aromatic rings. The highest BCUT2D eigenvalue weighted by Gasteiger charge is 2.12. The molecule has 7 heteroatoms. The number of nitrogens with one attached hydrogen (secondary N) is 1. The summed E-state index contributed by atoms with van der Waals surface area (Å²) in [6.45, 7) is 4.11. The van der Waals surface area contributed by atoms with Crippen LogP contribution in [0.2, 0.25) is 0 Å². The summed E-state index contributed by atoms with van der Waals surface area (Å²) in [4.78, 5) is 21.1. The first kappa shape index (κ1) is 14.9. The van der Waals surface area contributed by atoms with Crippen molar-refractivity contribution in [3.05, 3.63) is 27.2 Å². The highest BCUT2D eigenvalue weighted by atomic mass is 32.1. The molecule has 0 aliphatic carbocycles. The van der Waals surface area contributed by atoms with Crippen LogP contribution in [0.25, 0.3) is 0 Å². The molecule has 0 spiro atoms. The molecule has 1 N–H and O–H groups in total. The lowest BCUT2D eigenvalue weighted by Gasteiger charge is -2.09. The van der Waals surface area contributed by atoms with E-state index in [-0.39, 0.29) is 12.0 Å². The smallest absolute Gasteiger partial charge is 0.305 e. The summed E-state index contributed by atoms with van der Waals surface area (Å²) in [7, 11) is 1.40. The molecule has 0 amide bonds. The molecule has 0 saturated carbocycles. The molecular formula is C13H17N3O2S2. The molecule has 5 nitrogen and oxygen atoms in total. The molecule has 1 atom stereocenters. The van der Waals surface area contributed by atoms with Gasteiger partial charge >= 0.3 is 5.97 Å². The molecule has 0 fully saturated rings. The monoisotopic (exact) mass is 311 g/mol. The zero-order chi connectivity index (χ0) is 14.5. The number of rotatable bonds is 6. The van der Waals surface area contributed by atoms with Crippen LogP contribution in [0.3, 0.4) is 0 Å². The number of methoxy groups -OCH3 is 1. The van der Waals surface area contributed by atoms with Gasteiger partial charge in [-0.05, 0) is 13.8 Å². The van der Waals surface area contributed by atoms with Crippen LogP contribution in [0.5, 0.6) is 0 Å². The lowest BCUT2D eigenvalue weighted by Crippen LogP contribution is -2.06. The Morgan fingerprint density at radius 2 is 2.35 bits per heavy atom. The van der Waals surface area contributed by atoms with Gasteiger partial charge in [0, 0.05) is 22.9 Å². The molecular weight excluding hydrogens is 294 g/mol. The Bertz CT molecular complexity index is 580. The summed E-state index contributed by atoms with van der Waals surface area (Å²) in [6.07, 6.45) is 2.85. The van der Waals surface area contributed by atoms with Gasteiger partial charge in [0.05, 0.1) is 25.3 Å². The standard InChI is InChI=1S/C13H17N3O2S2/c1-8-6-14-12(20-8)9(2)15-13-16-10(7-19-13)4-5-11(17)18-3/h6-7,9H,4-5H2,1-3H3,(H,15,16). The minimum absolute atomic E-state index is 0.133. The molecule has 1 unspecified atom stereocenters. The third kappa shape index (κ3) is 4.01. The van der Waals surface area contributed by atoms with E-state index in [2.05, 4.69) is 26.9 Å². The maximum Gasteiger partial charge on any atom is 0.305 e. The lowest BCUT2D eigenvalue weighted by molar-refractivity contribution is -0.140. The van der Waals surface area contributed by atoms with Gasteiger partial charge in [-0.15, -0.1) is 22.7 Å². The average Bonchev–Trinajstić information content (AvgIpc) is 3.05. The highest BCUT2D eigenvalue weighted by molar-refractivity contribution is 7.13. The van der Waals surface area contributed by atoms with Crippen LogP contribution in [0.4, 0.5) is 5.13 Å². The summed E-state index contributed by atoms with van der Waals surface area (Å²) >= 11 is 3.22. The van der Waals surface area contributed by atoms with E-state index in [4.69, 9.17) is 0 Å². The van der Waals surface area contributed by atoms with E-state index < -0.39 is 0 Å². The fraction of sp³-hybridized carbons (Fsp3) is 0.462. The van der Waals surface area contributed by atoms with Gasteiger partial charge < -0.3 is 10.1 Å². The van der Waals surface area contributed by atoms with Crippen LogP contribution < -0.4 is 5.32 Å². The van der Waals surface area contributed by atoms with Crippen molar-refractivity contribution in [3.8, 4) is 0 Å². The van der Waals surface area contributed by atoms with Gasteiger partial charge in [-0.1, -0.05) is 0 Å². The molecule has 0 saturated heterocycles. The second-order valence-corrected chi connectivity index (χ2v) is 6.52. The van der Waals surface area contributed by atoms with E-state index >= 15 is 0 Å². The van der Waals surface area contributed by atoms with Gasteiger partial charge in [0.25, 0.3) is 0 Å². The van der Waals surface area contributed by atoms with Gasteiger partial charge in [0.2, 0.25) is 0 Å². The Balaban J connectivity index is 1.90. The van der Waals surface area contributed by atoms with Crippen molar-refractivity contribution in [1.29, 1.82) is 0 Å². The number of aromatic nitrogens is 2. The Labute approximate surface area is 126 Å². The predicted octanol–water partition coefficient (Wildman–Crippen LogP) is 3.19. The molecule has 0 aliphatic heterocycles. The van der Waals surface area contributed by atoms with Crippen molar-refractivity contribution in [3.63, 3.8) is 0 Å². The van der Waals surface area contributed by atoms with Gasteiger partial charge in [-0.25, -0.2) is 9.97 Å². The van der Waals surface area contributed by atoms with Gasteiger partial charge in [0.1, 0.15) is 5.01 Å². The van der Waals surface area contributed by atoms with Crippen molar-refractivity contribution in [2.75, 3.05) is 12.4 Å². The summed E-state index contributed by atoms with van der Waals surface area (Å²) in [5.41, 5.74) is 0.908. The Kier molecular flexibility index (Phi) is 5.08. The van der Waals surface area contributed by atoms with Crippen LogP contribution in [-0.2, 0) is 16.0 Å². The number of carbonyl (C=O) groups is 1. The topological polar surface area (TPSA) is 64.1 Å². The van der Waals surface area contributed by atoms with E-state index in [1.54, 1.807) is 22.7 Å². The number of carbonyl (C=O) groups excluding carboxylic acids is 1. The highest BCUT2D eigenvalue weighted by Crippen LogP contribution is 2.25. The lowest BCUT2D eigenvalue weighted by atomic mass is 10.2. The number of thiazole rings is 2. The van der Waals surface area contributed by atoms with Crippen LogP contribution in [0.1, 0.15) is 35.0 Å². The van der Waals surface area contributed by atoms with Gasteiger partial charge in [0.15, 0.2) is 5.13 Å². The van der Waals surface area contributed by atoms with E-state index in [1.165, 1.54) is 12.0 Å². The Morgan fingerprint density at radius 1 is 1.55 bits per heavy atom. The van der Waals surface area contributed by atoms with Gasteiger partial charge in [-0.2, -0.15) is 0 Å². The normalized spacial score (nSPS) is 12.2. The first-order valence-corrected chi connectivity index (χ1v) is 7.98. The zero-order valence-corrected chi connectivity index (χ0v) is 13.3. The molecule has 0 bridgehead atoms. The summed E-state index contributed by atoms with van der Waals surface area (Å²) in [5.74, 6) is -0.209. The number of anilines is 1. The molecule has 20 heavy (non-hydrogen) atoms. The zero-order valence-electron chi connectivity index (χ0n) is 11.7. The van der Waals surface area contributed by atoms with E-state index in [9.17, 15) is 4.79 Å². The van der Waals surface area contributed by atoms with E-state index in [0.717, 1.165) is 15.8 Å². The first-order valence-electron chi connectivity index (χ1n) is 6.28. The first-order chi connectivity index (χ1) is 9.58. The largest absolute Gasteiger partial charge is 0.469 e. The molecule has 0 aromatic carbocycles. The number of aryl methyl sites for hydroxylation is 2. The van der Waals surface area contributed by atoms with Gasteiger partial charge in [-0.3, -0.25) is 4.79 Å². The third-order valence-corrected chi connectivity index (χ3v) is 4.63. The maximum atomic E-state index is 11.1. The molecule has 108 valence electrons. The number of nitrogens with zero attached hydrogens (tertiary/aromatic N) is 2. The van der Waals surface area contributed by atoms with Crippen LogP contribution in [0, 0.1) is 6.92 Å². The number of esters is 1. The average molecular weight is 311 g/mol. The minimum atomic E-state index is -0.209. The number of ether oxygens (including phenoxy) is 1. The second kappa shape index (κ2) is 6.81. The van der Waals surface area contributed by atoms with Crippen molar-refractivity contribution in [2.24, 2.45) is 0 Å². The fourth-order valence-corrected chi connectivity index (χ4v) is 3.25. The number of hydrogen-bond donors (Lipinski definition) is 1. The summed E-state index contributed by atoms with van der Waals surface area (Å²) in [5, 5.41) is 7.20. The molecule has 2 heterocycles. The predicted molar refractivity (Wildman–Crippen MR) is 81.3 cm³/mol. The Morgan fingerprint density at radius 3 is 3.00 bits per heavy atom. The molecule has 0 radical (unpaired) electrons. The summed E-state index contributed by atoms with van der Waals surface area (Å²) in [6, 6.07) is 0.133. The number of hydrogen-bond acceptors (Lipinski definition) is 7. The quantitative estimate of drug-likeness (QED) is 0.830. The molecule has 2 aromatic heterocycles. The van der Waals surface area contributed by atoms with Crippen molar-refractivity contribution in [1.82, 2.24) is 9.97 Å².